The summed E-state index contributed by atoms with van der Waals surface area (Å²) in [6.07, 6.45) is -7.39. The molecule has 0 bridgehead atoms. The van der Waals surface area contributed by atoms with Crippen LogP contribution in [-0.2, 0) is 0 Å². The lowest BCUT2D eigenvalue weighted by atomic mass is 9.81. The molecular formula is C16H16F6N4S. The highest BCUT2D eigenvalue weighted by Crippen LogP contribution is 2.40. The minimum Gasteiger partial charge on any atom is -0.371 e. The van der Waals surface area contributed by atoms with Gasteiger partial charge in [0.15, 0.2) is 0 Å². The van der Waals surface area contributed by atoms with E-state index in [0.29, 0.717) is 0 Å². The molecule has 0 saturated carbocycles. The van der Waals surface area contributed by atoms with Crippen LogP contribution in [0.2, 0.25) is 0 Å². The van der Waals surface area contributed by atoms with E-state index in [-0.39, 0.29) is 11.4 Å². The summed E-state index contributed by atoms with van der Waals surface area (Å²) in [6.45, 7) is 2.92. The monoisotopic (exact) mass is 410 g/mol. The van der Waals surface area contributed by atoms with Crippen LogP contribution in [0.5, 0.6) is 0 Å². The number of alkyl halides is 6. The molecule has 27 heavy (non-hydrogen) atoms. The molecule has 2 rings (SSSR count). The highest BCUT2D eigenvalue weighted by Gasteiger charge is 2.48. The van der Waals surface area contributed by atoms with Crippen molar-refractivity contribution in [2.24, 2.45) is 11.0 Å². The molecule has 0 radical (unpaired) electrons. The Balaban J connectivity index is 2.21. The molecule has 4 nitrogen and oxygen atoms in total. The number of hydrogen-bond acceptors (Lipinski definition) is 4. The van der Waals surface area contributed by atoms with Crippen molar-refractivity contribution in [1.82, 2.24) is 10.7 Å². The molecule has 1 aliphatic heterocycles. The zero-order chi connectivity index (χ0) is 20.6. The topological polar surface area (TPSA) is 60.2 Å². The normalized spacial score (nSPS) is 28.5. The molecule has 0 spiro atoms. The fourth-order valence-corrected chi connectivity index (χ4v) is 3.33. The average molecular weight is 410 g/mol. The molecule has 0 saturated heterocycles. The number of nitrogens with zero attached hydrogens (tertiary/aromatic N) is 2. The summed E-state index contributed by atoms with van der Waals surface area (Å²) in [5.74, 6) is -1.10. The summed E-state index contributed by atoms with van der Waals surface area (Å²) >= 11 is 5.16. The summed E-state index contributed by atoms with van der Waals surface area (Å²) < 4.78 is 78.7. The van der Waals surface area contributed by atoms with E-state index < -0.39 is 53.1 Å². The van der Waals surface area contributed by atoms with Gasteiger partial charge in [-0.25, -0.2) is 0 Å². The molecule has 1 heterocycles. The third kappa shape index (κ3) is 4.26. The first-order valence-corrected chi connectivity index (χ1v) is 8.36. The van der Waals surface area contributed by atoms with Gasteiger partial charge in [-0.1, -0.05) is 25.2 Å². The zero-order valence-corrected chi connectivity index (χ0v) is 15.1. The molecule has 3 unspecified atom stereocenters. The smallest absolute Gasteiger partial charge is 0.371 e. The van der Waals surface area contributed by atoms with Gasteiger partial charge in [-0.2, -0.15) is 36.7 Å². The first-order chi connectivity index (χ1) is 12.3. The van der Waals surface area contributed by atoms with E-state index >= 15 is 0 Å². The Morgan fingerprint density at radius 3 is 2.44 bits per heavy atom. The maximum absolute atomic E-state index is 13.4. The number of nitriles is 1. The Morgan fingerprint density at radius 2 is 2.00 bits per heavy atom. The number of thiocarbonyl (C=S) groups is 1. The Kier molecular flexibility index (Phi) is 5.61. The Labute approximate surface area is 157 Å². The van der Waals surface area contributed by atoms with Crippen molar-refractivity contribution in [3.05, 3.63) is 23.3 Å². The second-order valence-electron chi connectivity index (χ2n) is 6.49. The van der Waals surface area contributed by atoms with Crippen molar-refractivity contribution in [2.45, 2.75) is 50.6 Å². The van der Waals surface area contributed by atoms with Crippen LogP contribution in [0.1, 0.15) is 26.7 Å². The van der Waals surface area contributed by atoms with Crippen LogP contribution in [0.3, 0.4) is 0 Å². The molecule has 0 fully saturated rings. The molecule has 0 aromatic rings. The number of hydrogen-bond donors (Lipinski definition) is 2. The molecule has 0 aromatic heterocycles. The van der Waals surface area contributed by atoms with Crippen LogP contribution in [0.4, 0.5) is 26.3 Å². The van der Waals surface area contributed by atoms with Gasteiger partial charge in [-0.3, -0.25) is 5.43 Å². The number of halogens is 6. The standard InChI is InChI=1S/C16H16F6N4S/c1-3-9-10(5-4-8(7-23)12(9)16(20,21)22)24-13(27)14(2)6-11(25-26-14)15(17,18)19/h4-5,9-10,26H,3,6H2,1-2H3,(H,24,27). The molecule has 0 aromatic carbocycles. The Bertz CT molecular complexity index is 758. The largest absolute Gasteiger partial charge is 0.431 e. The minimum absolute atomic E-state index is 0.0547. The van der Waals surface area contributed by atoms with Gasteiger partial charge in [-0.05, 0) is 19.4 Å². The quantitative estimate of drug-likeness (QED) is 0.547. The lowest BCUT2D eigenvalue weighted by molar-refractivity contribution is -0.101. The molecule has 148 valence electrons. The predicted molar refractivity (Wildman–Crippen MR) is 90.8 cm³/mol. The fraction of sp³-hybridized carbons (Fsp3) is 0.562. The van der Waals surface area contributed by atoms with Crippen LogP contribution >= 0.6 is 12.2 Å². The van der Waals surface area contributed by atoms with Gasteiger partial charge in [0.2, 0.25) is 0 Å². The van der Waals surface area contributed by atoms with E-state index in [9.17, 15) is 26.3 Å². The first-order valence-electron chi connectivity index (χ1n) is 7.95. The van der Waals surface area contributed by atoms with E-state index in [4.69, 9.17) is 17.5 Å². The summed E-state index contributed by atoms with van der Waals surface area (Å²) in [7, 11) is 0. The summed E-state index contributed by atoms with van der Waals surface area (Å²) in [5.41, 5.74) is -1.53. The van der Waals surface area contributed by atoms with Crippen molar-refractivity contribution in [2.75, 3.05) is 0 Å². The SMILES string of the molecule is CCC1C(C(F)(F)F)=C(C#N)C=CC1NC(=S)C1(C)CC(C(F)(F)F)=NN1. The van der Waals surface area contributed by atoms with Crippen molar-refractivity contribution in [1.29, 1.82) is 5.26 Å². The van der Waals surface area contributed by atoms with Crippen molar-refractivity contribution in [3.63, 3.8) is 0 Å². The molecule has 2 N–H and O–H groups in total. The third-order valence-electron chi connectivity index (χ3n) is 4.52. The number of rotatable bonds is 3. The Hall–Kier alpha value is -2.09. The van der Waals surface area contributed by atoms with Gasteiger partial charge < -0.3 is 5.32 Å². The van der Waals surface area contributed by atoms with Gasteiger partial charge >= 0.3 is 12.4 Å². The van der Waals surface area contributed by atoms with Crippen LogP contribution in [-0.4, -0.2) is 34.6 Å². The highest BCUT2D eigenvalue weighted by molar-refractivity contribution is 7.80. The van der Waals surface area contributed by atoms with Gasteiger partial charge in [-0.15, -0.1) is 0 Å². The first kappa shape index (κ1) is 21.2. The summed E-state index contributed by atoms with van der Waals surface area (Å²) in [5, 5.41) is 15.0. The van der Waals surface area contributed by atoms with E-state index in [2.05, 4.69) is 15.8 Å². The second-order valence-corrected chi connectivity index (χ2v) is 6.90. The van der Waals surface area contributed by atoms with Crippen LogP contribution in [0.25, 0.3) is 0 Å². The summed E-state index contributed by atoms with van der Waals surface area (Å²) in [6, 6.07) is 0.628. The molecular weight excluding hydrogens is 394 g/mol. The maximum atomic E-state index is 13.4. The lowest BCUT2D eigenvalue weighted by Crippen LogP contribution is -2.54. The van der Waals surface area contributed by atoms with Crippen LogP contribution in [0, 0.1) is 17.2 Å². The van der Waals surface area contributed by atoms with Crippen molar-refractivity contribution >= 4 is 22.9 Å². The van der Waals surface area contributed by atoms with Gasteiger partial charge in [0, 0.05) is 12.3 Å². The van der Waals surface area contributed by atoms with Crippen molar-refractivity contribution in [3.8, 4) is 6.07 Å². The highest BCUT2D eigenvalue weighted by atomic mass is 32.1. The molecule has 1 aliphatic carbocycles. The van der Waals surface area contributed by atoms with E-state index in [0.717, 1.165) is 6.08 Å². The third-order valence-corrected chi connectivity index (χ3v) is 5.08. The second kappa shape index (κ2) is 7.14. The maximum Gasteiger partial charge on any atom is 0.431 e. The Morgan fingerprint density at radius 1 is 1.37 bits per heavy atom. The predicted octanol–water partition coefficient (Wildman–Crippen LogP) is 3.92. The van der Waals surface area contributed by atoms with Crippen molar-refractivity contribution < 1.29 is 26.3 Å². The number of nitrogens with one attached hydrogen (secondary N) is 2. The average Bonchev–Trinajstić information content (AvgIpc) is 2.97. The van der Waals surface area contributed by atoms with Gasteiger partial charge in [0.05, 0.1) is 23.3 Å². The van der Waals surface area contributed by atoms with Gasteiger partial charge in [0.1, 0.15) is 16.2 Å². The lowest BCUT2D eigenvalue weighted by Gasteiger charge is -2.35. The van der Waals surface area contributed by atoms with E-state index in [1.54, 1.807) is 6.07 Å². The molecule has 11 heteroatoms. The van der Waals surface area contributed by atoms with Crippen LogP contribution in [0.15, 0.2) is 28.4 Å². The fourth-order valence-electron chi connectivity index (χ4n) is 3.08. The van der Waals surface area contributed by atoms with Gasteiger partial charge in [0.25, 0.3) is 0 Å². The van der Waals surface area contributed by atoms with E-state index in [1.807, 2.05) is 0 Å². The van der Waals surface area contributed by atoms with E-state index in [1.165, 1.54) is 19.9 Å². The minimum atomic E-state index is -4.71. The molecule has 0 amide bonds. The van der Waals surface area contributed by atoms with Crippen LogP contribution < -0.4 is 10.7 Å². The molecule has 2 aliphatic rings. The zero-order valence-electron chi connectivity index (χ0n) is 14.3. The molecule has 3 atom stereocenters. The number of allylic oxidation sites excluding steroid dienone is 2. The number of hydrazone groups is 1. The summed E-state index contributed by atoms with van der Waals surface area (Å²) in [4.78, 5) is -0.0828.